The van der Waals surface area contributed by atoms with Crippen LogP contribution in [0.25, 0.3) is 89.1 Å². The molecule has 0 radical (unpaired) electrons. The Balaban J connectivity index is 0.00000374. The quantitative estimate of drug-likeness (QED) is 0.170. The minimum Gasteiger partial charge on any atom is -0.507 e. The van der Waals surface area contributed by atoms with Crippen molar-refractivity contribution in [2.24, 2.45) is 0 Å². The Kier molecular flexibility index (Phi) is 8.61. The number of fused-ring (bicyclic) bond motifs is 3. The van der Waals surface area contributed by atoms with Gasteiger partial charge in [0.05, 0.1) is 11.3 Å². The smallest absolute Gasteiger partial charge is 0.148 e. The summed E-state index contributed by atoms with van der Waals surface area (Å²) in [5.41, 5.74) is 12.1. The average molecular weight is 837 g/mol. The van der Waals surface area contributed by atoms with Crippen LogP contribution in [0.2, 0.25) is 0 Å². The normalized spacial score (nSPS) is 11.1. The van der Waals surface area contributed by atoms with E-state index in [0.717, 1.165) is 72.3 Å². The van der Waals surface area contributed by atoms with Crippen LogP contribution in [0, 0.1) is 6.07 Å². The number of aromatic nitrogens is 2. The van der Waals surface area contributed by atoms with Gasteiger partial charge in [0, 0.05) is 49.4 Å². The van der Waals surface area contributed by atoms with E-state index in [4.69, 9.17) is 14.4 Å². The summed E-state index contributed by atoms with van der Waals surface area (Å²) in [4.78, 5) is 9.87. The van der Waals surface area contributed by atoms with Gasteiger partial charge in [-0.2, -0.15) is 0 Å². The fourth-order valence-electron chi connectivity index (χ4n) is 6.64. The molecule has 9 aromatic rings. The van der Waals surface area contributed by atoms with Gasteiger partial charge in [-0.05, 0) is 69.8 Å². The van der Waals surface area contributed by atoms with Crippen molar-refractivity contribution >= 4 is 21.9 Å². The van der Waals surface area contributed by atoms with Crippen molar-refractivity contribution in [3.63, 3.8) is 0 Å². The van der Waals surface area contributed by atoms with Gasteiger partial charge in [-0.15, -0.1) is 24.3 Å². The van der Waals surface area contributed by atoms with Crippen molar-refractivity contribution in [3.05, 3.63) is 176 Å². The second kappa shape index (κ2) is 13.7. The van der Waals surface area contributed by atoms with Gasteiger partial charge in [-0.25, -0.2) is 0 Å². The first-order valence-electron chi connectivity index (χ1n) is 16.5. The van der Waals surface area contributed by atoms with Crippen molar-refractivity contribution in [2.45, 2.75) is 0 Å². The number of aromatic hydroxyl groups is 1. The Morgan fingerprint density at radius 2 is 1.04 bits per heavy atom. The van der Waals surface area contributed by atoms with E-state index in [1.54, 1.807) is 6.07 Å². The standard InChI is InChI=1S/C46H29N2O2.Pt/c49-43-22-21-39-38-20-19-33(30-11-4-1-5-12-30)29-44(38)50-46(39)45(43)42-28-37(32-15-8-3-9-16-32)27-41(48-42)36-18-10-17-35(25-36)40-26-34(23-24-47-40)31-13-6-2-7-14-31;/h1-24,26-29,49H;/q-1;. The molecule has 0 spiro atoms. The average Bonchev–Trinajstić information content (AvgIpc) is 3.56. The summed E-state index contributed by atoms with van der Waals surface area (Å²) < 4.78 is 6.58. The molecule has 0 amide bonds. The van der Waals surface area contributed by atoms with Gasteiger partial charge in [0.2, 0.25) is 0 Å². The van der Waals surface area contributed by atoms with Gasteiger partial charge in [0.25, 0.3) is 0 Å². The van der Waals surface area contributed by atoms with Gasteiger partial charge in [-0.1, -0.05) is 120 Å². The van der Waals surface area contributed by atoms with Crippen LogP contribution >= 0.6 is 0 Å². The molecule has 0 bridgehead atoms. The second-order valence-corrected chi connectivity index (χ2v) is 12.3. The number of nitrogens with zero attached hydrogens (tertiary/aromatic N) is 2. The van der Waals surface area contributed by atoms with Crippen LogP contribution in [0.15, 0.2) is 174 Å². The summed E-state index contributed by atoms with van der Waals surface area (Å²) >= 11 is 0. The Morgan fingerprint density at radius 1 is 0.471 bits per heavy atom. The Bertz CT molecular complexity index is 2650. The zero-order chi connectivity index (χ0) is 33.4. The van der Waals surface area contributed by atoms with E-state index in [2.05, 4.69) is 72.8 Å². The number of furan rings is 1. The summed E-state index contributed by atoms with van der Waals surface area (Å²) in [6, 6.07) is 58.5. The van der Waals surface area contributed by atoms with Crippen LogP contribution in [0.3, 0.4) is 0 Å². The Hall–Kier alpha value is -6.09. The molecule has 4 nitrogen and oxygen atoms in total. The first-order valence-corrected chi connectivity index (χ1v) is 16.5. The molecule has 0 saturated heterocycles. The van der Waals surface area contributed by atoms with Crippen LogP contribution in [-0.2, 0) is 21.1 Å². The van der Waals surface area contributed by atoms with Crippen molar-refractivity contribution in [1.29, 1.82) is 0 Å². The van der Waals surface area contributed by atoms with E-state index in [-0.39, 0.29) is 26.8 Å². The van der Waals surface area contributed by atoms with Crippen LogP contribution in [0.4, 0.5) is 0 Å². The van der Waals surface area contributed by atoms with Crippen LogP contribution in [0.1, 0.15) is 0 Å². The molecule has 0 aliphatic heterocycles. The van der Waals surface area contributed by atoms with Crippen LogP contribution < -0.4 is 0 Å². The van der Waals surface area contributed by atoms with Gasteiger partial charge in [0.15, 0.2) is 0 Å². The van der Waals surface area contributed by atoms with Gasteiger partial charge >= 0.3 is 0 Å². The van der Waals surface area contributed by atoms with Crippen molar-refractivity contribution in [3.8, 4) is 72.9 Å². The third-order valence-electron chi connectivity index (χ3n) is 9.13. The predicted octanol–water partition coefficient (Wildman–Crippen LogP) is 11.9. The molecule has 1 N–H and O–H groups in total. The molecular weight excluding hydrogens is 808 g/mol. The predicted molar refractivity (Wildman–Crippen MR) is 202 cm³/mol. The minimum absolute atomic E-state index is 0. The molecule has 0 aliphatic carbocycles. The Labute approximate surface area is 310 Å². The van der Waals surface area contributed by atoms with E-state index in [1.165, 1.54) is 0 Å². The number of phenolic OH excluding ortho intramolecular Hbond substituents is 1. The number of rotatable bonds is 6. The van der Waals surface area contributed by atoms with Crippen LogP contribution in [0.5, 0.6) is 5.75 Å². The molecule has 0 fully saturated rings. The molecular formula is C46H29N2O2Pt-. The maximum Gasteiger partial charge on any atom is 0.148 e. The summed E-state index contributed by atoms with van der Waals surface area (Å²) in [7, 11) is 0. The van der Waals surface area contributed by atoms with E-state index in [0.29, 0.717) is 16.8 Å². The largest absolute Gasteiger partial charge is 0.507 e. The molecule has 246 valence electrons. The molecule has 51 heavy (non-hydrogen) atoms. The summed E-state index contributed by atoms with van der Waals surface area (Å²) in [6.07, 6.45) is 1.84. The first-order chi connectivity index (χ1) is 24.7. The number of hydrogen-bond acceptors (Lipinski definition) is 4. The number of hydrogen-bond donors (Lipinski definition) is 1. The maximum absolute atomic E-state index is 11.4. The summed E-state index contributed by atoms with van der Waals surface area (Å²) in [6.45, 7) is 0. The van der Waals surface area contributed by atoms with Crippen molar-refractivity contribution in [1.82, 2.24) is 9.97 Å². The monoisotopic (exact) mass is 836 g/mol. The third kappa shape index (κ3) is 6.16. The molecule has 6 aromatic carbocycles. The molecule has 3 aromatic heterocycles. The zero-order valence-corrected chi connectivity index (χ0v) is 29.5. The molecule has 9 rings (SSSR count). The first kappa shape index (κ1) is 32.1. The van der Waals surface area contributed by atoms with Crippen molar-refractivity contribution < 1.29 is 30.6 Å². The Morgan fingerprint density at radius 3 is 1.73 bits per heavy atom. The molecule has 5 heteroatoms. The molecule has 0 saturated carbocycles. The fraction of sp³-hybridized carbons (Fsp3) is 0. The summed E-state index contributed by atoms with van der Waals surface area (Å²) in [5.74, 6) is 0.100. The zero-order valence-electron chi connectivity index (χ0n) is 27.2. The third-order valence-corrected chi connectivity index (χ3v) is 9.13. The van der Waals surface area contributed by atoms with Crippen molar-refractivity contribution in [2.75, 3.05) is 0 Å². The van der Waals surface area contributed by atoms with E-state index < -0.39 is 0 Å². The number of benzene rings is 6. The number of pyridine rings is 2. The molecule has 0 atom stereocenters. The second-order valence-electron chi connectivity index (χ2n) is 12.3. The fourth-order valence-corrected chi connectivity index (χ4v) is 6.64. The van der Waals surface area contributed by atoms with E-state index in [1.807, 2.05) is 97.2 Å². The van der Waals surface area contributed by atoms with Gasteiger partial charge in [-0.3, -0.25) is 9.97 Å². The SMILES string of the molecule is Oc1ccc2c(oc3cc(-c4ccccc4)ccc32)c1-c1cc(-c2ccccc2)cc(-c2[c-]c(-c3cc(-c4ccccc4)ccn3)ccc2)n1.[Pt]. The van der Waals surface area contributed by atoms with Crippen LogP contribution in [-0.4, -0.2) is 15.1 Å². The van der Waals surface area contributed by atoms with E-state index in [9.17, 15) is 5.11 Å². The molecule has 0 unspecified atom stereocenters. The van der Waals surface area contributed by atoms with Gasteiger partial charge in [0.1, 0.15) is 16.9 Å². The summed E-state index contributed by atoms with van der Waals surface area (Å²) in [5, 5.41) is 13.3. The molecule has 0 aliphatic rings. The van der Waals surface area contributed by atoms with Gasteiger partial charge < -0.3 is 9.52 Å². The van der Waals surface area contributed by atoms with E-state index >= 15 is 0 Å². The minimum atomic E-state index is 0. The molecule has 3 heterocycles. The number of phenols is 1. The maximum atomic E-state index is 11.4. The topological polar surface area (TPSA) is 59.2 Å².